The molecule has 2 atom stereocenters. The predicted molar refractivity (Wildman–Crippen MR) is 55.0 cm³/mol. The van der Waals surface area contributed by atoms with Crippen LogP contribution < -0.4 is 0 Å². The van der Waals surface area contributed by atoms with E-state index in [0.717, 1.165) is 0 Å². The summed E-state index contributed by atoms with van der Waals surface area (Å²) < 4.78 is 50.3. The highest BCUT2D eigenvalue weighted by Crippen LogP contribution is 2.62. The van der Waals surface area contributed by atoms with E-state index in [1.54, 1.807) is 20.8 Å². The molecular weight excluding hydrogens is 245 g/mol. The highest BCUT2D eigenvalue weighted by atomic mass is 31.2. The summed E-state index contributed by atoms with van der Waals surface area (Å²) in [5, 5.41) is 0. The third kappa shape index (κ3) is 4.66. The number of halogens is 1. The Morgan fingerprint density at radius 3 is 2.00 bits per heavy atom. The van der Waals surface area contributed by atoms with E-state index in [1.165, 1.54) is 0 Å². The van der Waals surface area contributed by atoms with Crippen molar-refractivity contribution in [2.45, 2.75) is 26.4 Å². The average molecular weight is 261 g/mol. The third-order valence-electron chi connectivity index (χ3n) is 1.31. The SMILES string of the molecule is CCO[P+](=O)C(F)P(=O)(OCC)OCC. The van der Waals surface area contributed by atoms with Gasteiger partial charge in [0.1, 0.15) is 0 Å². The molecule has 0 aromatic rings. The molecule has 0 aromatic heterocycles. The minimum Gasteiger partial charge on any atom is -0.304 e. The lowest BCUT2D eigenvalue weighted by Crippen LogP contribution is -2.06. The fourth-order valence-electron chi connectivity index (χ4n) is 0.824. The molecule has 0 aliphatic rings. The molecule has 0 spiro atoms. The van der Waals surface area contributed by atoms with E-state index in [0.29, 0.717) is 0 Å². The Hall–Kier alpha value is 0.140. The smallest absolute Gasteiger partial charge is 0.304 e. The molecular formula is C7H16FO5P2+. The second-order valence-electron chi connectivity index (χ2n) is 2.39. The quantitative estimate of drug-likeness (QED) is 0.627. The predicted octanol–water partition coefficient (Wildman–Crippen LogP) is 3.28. The summed E-state index contributed by atoms with van der Waals surface area (Å²) in [5.74, 6) is 0. The first-order chi connectivity index (χ1) is 7.01. The fraction of sp³-hybridized carbons (Fsp3) is 1.00. The monoisotopic (exact) mass is 261 g/mol. The summed E-state index contributed by atoms with van der Waals surface area (Å²) in [6, 6.07) is 0. The minimum absolute atomic E-state index is 0.0208. The van der Waals surface area contributed by atoms with Gasteiger partial charge in [0.05, 0.1) is 19.8 Å². The van der Waals surface area contributed by atoms with Crippen molar-refractivity contribution in [1.82, 2.24) is 0 Å². The molecule has 0 aliphatic carbocycles. The molecule has 0 bridgehead atoms. The summed E-state index contributed by atoms with van der Waals surface area (Å²) in [5.41, 5.74) is -2.23. The summed E-state index contributed by atoms with van der Waals surface area (Å²) >= 11 is 0. The van der Waals surface area contributed by atoms with Crippen molar-refractivity contribution in [3.8, 4) is 0 Å². The molecule has 0 saturated carbocycles. The van der Waals surface area contributed by atoms with Crippen LogP contribution >= 0.6 is 15.6 Å². The molecule has 0 heterocycles. The summed E-state index contributed by atoms with van der Waals surface area (Å²) in [6.07, 6.45) is 0. The van der Waals surface area contributed by atoms with Crippen LogP contribution in [0.15, 0.2) is 0 Å². The van der Waals surface area contributed by atoms with Crippen LogP contribution in [-0.4, -0.2) is 25.5 Å². The lowest BCUT2D eigenvalue weighted by Gasteiger charge is -2.13. The van der Waals surface area contributed by atoms with E-state index in [4.69, 9.17) is 9.05 Å². The molecule has 15 heavy (non-hydrogen) atoms. The molecule has 5 nitrogen and oxygen atoms in total. The van der Waals surface area contributed by atoms with Crippen molar-refractivity contribution in [1.29, 1.82) is 0 Å². The molecule has 0 radical (unpaired) electrons. The van der Waals surface area contributed by atoms with Crippen molar-refractivity contribution < 1.29 is 27.1 Å². The summed E-state index contributed by atoms with van der Waals surface area (Å²) in [7, 11) is -6.65. The maximum Gasteiger partial charge on any atom is 0.558 e. The minimum atomic E-state index is -3.97. The zero-order valence-corrected chi connectivity index (χ0v) is 10.8. The zero-order valence-electron chi connectivity index (χ0n) is 9.01. The van der Waals surface area contributed by atoms with E-state index >= 15 is 0 Å². The average Bonchev–Trinajstić information content (AvgIpc) is 2.17. The molecule has 0 amide bonds. The van der Waals surface area contributed by atoms with Crippen LogP contribution in [0.4, 0.5) is 4.39 Å². The van der Waals surface area contributed by atoms with Crippen LogP contribution in [0.2, 0.25) is 0 Å². The second kappa shape index (κ2) is 7.42. The Kier molecular flexibility index (Phi) is 7.49. The standard InChI is InChI=1S/C7H16FO5P2/c1-4-11-14(9)7(8)15(10,12-5-2)13-6-3/h7H,4-6H2,1-3H3/q+1. The van der Waals surface area contributed by atoms with Crippen molar-refractivity contribution in [3.05, 3.63) is 0 Å². The number of hydrogen-bond donors (Lipinski definition) is 0. The lowest BCUT2D eigenvalue weighted by atomic mass is 10.9. The van der Waals surface area contributed by atoms with E-state index < -0.39 is 21.3 Å². The van der Waals surface area contributed by atoms with Crippen LogP contribution in [0, 0.1) is 0 Å². The maximum absolute atomic E-state index is 13.5. The van der Waals surface area contributed by atoms with Gasteiger partial charge in [-0.1, -0.05) is 0 Å². The third-order valence-corrected chi connectivity index (χ3v) is 5.34. The van der Waals surface area contributed by atoms with Crippen LogP contribution in [0.5, 0.6) is 0 Å². The second-order valence-corrected chi connectivity index (χ2v) is 6.13. The molecule has 2 unspecified atom stereocenters. The highest BCUT2D eigenvalue weighted by Gasteiger charge is 2.52. The zero-order chi connectivity index (χ0) is 11.9. The Labute approximate surface area is 89.7 Å². The molecule has 0 saturated heterocycles. The number of alkyl halides is 1. The molecule has 8 heteroatoms. The lowest BCUT2D eigenvalue weighted by molar-refractivity contribution is 0.200. The van der Waals surface area contributed by atoms with E-state index in [-0.39, 0.29) is 19.8 Å². The molecule has 0 aromatic carbocycles. The first-order valence-electron chi connectivity index (χ1n) is 4.63. The Morgan fingerprint density at radius 2 is 1.67 bits per heavy atom. The van der Waals surface area contributed by atoms with Crippen LogP contribution in [-0.2, 0) is 22.7 Å². The van der Waals surface area contributed by atoms with Gasteiger partial charge in [-0.05, 0) is 25.3 Å². The molecule has 90 valence electrons. The van der Waals surface area contributed by atoms with Crippen molar-refractivity contribution in [2.24, 2.45) is 0 Å². The van der Waals surface area contributed by atoms with Crippen LogP contribution in [0.1, 0.15) is 20.8 Å². The van der Waals surface area contributed by atoms with Crippen molar-refractivity contribution in [2.75, 3.05) is 19.8 Å². The van der Waals surface area contributed by atoms with Gasteiger partial charge in [0, 0.05) is 0 Å². The first kappa shape index (κ1) is 15.1. The molecule has 0 fully saturated rings. The van der Waals surface area contributed by atoms with Gasteiger partial charge in [-0.3, -0.25) is 4.57 Å². The summed E-state index contributed by atoms with van der Waals surface area (Å²) in [6.45, 7) is 4.78. The Balaban J connectivity index is 4.60. The Morgan fingerprint density at radius 1 is 1.20 bits per heavy atom. The Bertz CT molecular complexity index is 238. The van der Waals surface area contributed by atoms with Gasteiger partial charge in [0.2, 0.25) is 0 Å². The van der Waals surface area contributed by atoms with Gasteiger partial charge in [0.25, 0.3) is 0 Å². The summed E-state index contributed by atoms with van der Waals surface area (Å²) in [4.78, 5) is 0. The van der Waals surface area contributed by atoms with Gasteiger partial charge < -0.3 is 9.05 Å². The van der Waals surface area contributed by atoms with E-state index in [9.17, 15) is 13.5 Å². The van der Waals surface area contributed by atoms with Gasteiger partial charge in [-0.2, -0.15) is 4.39 Å². The fourth-order valence-corrected chi connectivity index (χ4v) is 3.77. The van der Waals surface area contributed by atoms with Gasteiger partial charge in [-0.25, -0.2) is 0 Å². The number of rotatable bonds is 8. The normalized spacial score (nSPS) is 15.1. The van der Waals surface area contributed by atoms with Crippen molar-refractivity contribution >= 4 is 15.6 Å². The van der Waals surface area contributed by atoms with Crippen molar-refractivity contribution in [3.63, 3.8) is 0 Å². The van der Waals surface area contributed by atoms with E-state index in [1.807, 2.05) is 0 Å². The molecule has 0 N–H and O–H groups in total. The van der Waals surface area contributed by atoms with Crippen LogP contribution in [0.25, 0.3) is 0 Å². The molecule has 0 aliphatic heterocycles. The largest absolute Gasteiger partial charge is 0.558 e. The van der Waals surface area contributed by atoms with Crippen LogP contribution in [0.3, 0.4) is 0 Å². The van der Waals surface area contributed by atoms with E-state index in [2.05, 4.69) is 4.52 Å². The maximum atomic E-state index is 13.5. The topological polar surface area (TPSA) is 61.8 Å². The van der Waals surface area contributed by atoms with Gasteiger partial charge >= 0.3 is 21.3 Å². The van der Waals surface area contributed by atoms with Gasteiger partial charge in [-0.15, -0.1) is 4.52 Å². The molecule has 0 rings (SSSR count). The first-order valence-corrected chi connectivity index (χ1v) is 7.49. The van der Waals surface area contributed by atoms with Gasteiger partial charge in [0.15, 0.2) is 0 Å². The number of hydrogen-bond acceptors (Lipinski definition) is 5. The highest BCUT2D eigenvalue weighted by molar-refractivity contribution is 7.66.